The van der Waals surface area contributed by atoms with Gasteiger partial charge in [-0.3, -0.25) is 10.1 Å². The number of anilines is 2. The number of nitrogens with one attached hydrogen (secondary N) is 3. The van der Waals surface area contributed by atoms with Gasteiger partial charge >= 0.3 is 12.2 Å². The van der Waals surface area contributed by atoms with Gasteiger partial charge in [0.2, 0.25) is 5.91 Å². The maximum absolute atomic E-state index is 13.2. The van der Waals surface area contributed by atoms with Crippen LogP contribution >= 0.6 is 11.6 Å². The summed E-state index contributed by atoms with van der Waals surface area (Å²) >= 11 is 6.63. The molecule has 0 radical (unpaired) electrons. The molecule has 0 bridgehead atoms. The van der Waals surface area contributed by atoms with Gasteiger partial charge in [-0.25, -0.2) is 9.59 Å². The third-order valence-electron chi connectivity index (χ3n) is 10.8. The topological polar surface area (TPSA) is 124 Å². The lowest BCUT2D eigenvalue weighted by molar-refractivity contribution is -0.116. The molecule has 0 unspecified atom stereocenters. The first-order chi connectivity index (χ1) is 27.2. The number of carbonyl (C=O) groups excluding carboxylic acids is 3. The summed E-state index contributed by atoms with van der Waals surface area (Å²) in [7, 11) is -0.398. The summed E-state index contributed by atoms with van der Waals surface area (Å²) in [4.78, 5) is 38.7. The van der Waals surface area contributed by atoms with Crippen LogP contribution in [0.4, 0.5) is 21.0 Å². The third-order valence-corrected chi connectivity index (χ3v) is 15.6. The van der Waals surface area contributed by atoms with Crippen molar-refractivity contribution < 1.29 is 33.0 Å². The fourth-order valence-corrected chi connectivity index (χ4v) is 7.58. The van der Waals surface area contributed by atoms with Crippen molar-refractivity contribution in [1.29, 1.82) is 0 Å². The summed E-state index contributed by atoms with van der Waals surface area (Å²) in [6.07, 6.45) is 2.79. The van der Waals surface area contributed by atoms with Crippen LogP contribution in [0.25, 0.3) is 11.1 Å². The minimum atomic E-state index is -1.99. The maximum Gasteiger partial charge on any atom is 0.411 e. The minimum Gasteiger partial charge on any atom is -0.496 e. The SMILES string of the molecule is COc1cc(NC(=O)CCCc2ccc(-c3ccccc3)c(NC(=O)OC3CCC(NC(=O)OCc4ccccc4)CC3)c2)c(Cl)cc1CO[Si](C)(C)C(C)(C)C. The highest BCUT2D eigenvalue weighted by Gasteiger charge is 2.37. The number of hydrogen-bond acceptors (Lipinski definition) is 7. The van der Waals surface area contributed by atoms with E-state index in [4.69, 9.17) is 30.2 Å². The standard InChI is InChI=1S/C45H56ClN3O7Si/c1-45(2,3)57(5,6)55-30-34-27-38(46)40(28-41(34)53-4)48-42(50)19-13-16-31-20-25-37(33-17-11-8-12-18-33)39(26-31)49-44(52)56-36-23-21-35(22-24-36)47-43(51)54-29-32-14-9-7-10-15-32/h7-12,14-15,17-18,20,25-28,35-36H,13,16,19,21-24,29-30H2,1-6H3,(H,47,51)(H,48,50)(H,49,52). The molecule has 0 heterocycles. The average molecular weight is 814 g/mol. The molecular formula is C45H56ClN3O7Si. The van der Waals surface area contributed by atoms with Crippen molar-refractivity contribution in [2.24, 2.45) is 0 Å². The van der Waals surface area contributed by atoms with E-state index in [1.807, 2.05) is 78.9 Å². The zero-order valence-corrected chi connectivity index (χ0v) is 35.7. The number of amides is 3. The lowest BCUT2D eigenvalue weighted by Crippen LogP contribution is -2.40. The van der Waals surface area contributed by atoms with Crippen LogP contribution in [-0.2, 0) is 38.3 Å². The average Bonchev–Trinajstić information content (AvgIpc) is 3.18. The quantitative estimate of drug-likeness (QED) is 0.102. The highest BCUT2D eigenvalue weighted by Crippen LogP contribution is 2.39. The Bertz CT molecular complexity index is 1960. The molecule has 0 aromatic heterocycles. The molecule has 0 spiro atoms. The Morgan fingerprint density at radius 1 is 0.789 bits per heavy atom. The van der Waals surface area contributed by atoms with Crippen molar-refractivity contribution in [1.82, 2.24) is 5.32 Å². The van der Waals surface area contributed by atoms with Crippen LogP contribution in [0.15, 0.2) is 91.0 Å². The Hall–Kier alpha value is -4.84. The van der Waals surface area contributed by atoms with Crippen molar-refractivity contribution in [3.05, 3.63) is 113 Å². The number of benzene rings is 4. The van der Waals surface area contributed by atoms with Gasteiger partial charge < -0.3 is 29.3 Å². The van der Waals surface area contributed by atoms with Crippen molar-refractivity contribution in [2.75, 3.05) is 17.7 Å². The first-order valence-corrected chi connectivity index (χ1v) is 22.9. The molecule has 1 fully saturated rings. The molecule has 57 heavy (non-hydrogen) atoms. The van der Waals surface area contributed by atoms with Crippen molar-refractivity contribution >= 4 is 49.4 Å². The highest BCUT2D eigenvalue weighted by atomic mass is 35.5. The van der Waals surface area contributed by atoms with E-state index in [0.717, 1.165) is 27.8 Å². The van der Waals surface area contributed by atoms with Gasteiger partial charge in [-0.15, -0.1) is 0 Å². The van der Waals surface area contributed by atoms with E-state index < -0.39 is 20.5 Å². The lowest BCUT2D eigenvalue weighted by Gasteiger charge is -2.36. The van der Waals surface area contributed by atoms with E-state index in [9.17, 15) is 14.4 Å². The monoisotopic (exact) mass is 813 g/mol. The molecule has 0 aliphatic heterocycles. The summed E-state index contributed by atoms with van der Waals surface area (Å²) in [6, 6.07) is 28.8. The van der Waals surface area contributed by atoms with Gasteiger partial charge in [0.15, 0.2) is 8.32 Å². The third kappa shape index (κ3) is 12.8. The molecule has 1 aliphatic carbocycles. The second-order valence-electron chi connectivity index (χ2n) is 16.1. The molecule has 12 heteroatoms. The van der Waals surface area contributed by atoms with Crippen LogP contribution in [0.5, 0.6) is 5.75 Å². The number of hydrogen-bond donors (Lipinski definition) is 3. The van der Waals surface area contributed by atoms with E-state index in [-0.39, 0.29) is 36.1 Å². The minimum absolute atomic E-state index is 0.0440. The predicted molar refractivity (Wildman–Crippen MR) is 229 cm³/mol. The summed E-state index contributed by atoms with van der Waals surface area (Å²) in [5.74, 6) is 0.438. The van der Waals surface area contributed by atoms with Gasteiger partial charge in [-0.05, 0) is 85.5 Å². The molecule has 0 atom stereocenters. The molecule has 5 rings (SSSR count). The van der Waals surface area contributed by atoms with Gasteiger partial charge in [0.1, 0.15) is 18.5 Å². The zero-order valence-electron chi connectivity index (χ0n) is 33.9. The number of alkyl carbamates (subject to hydrolysis) is 1. The molecule has 3 N–H and O–H groups in total. The van der Waals surface area contributed by atoms with Crippen LogP contribution < -0.4 is 20.7 Å². The number of methoxy groups -OCH3 is 1. The van der Waals surface area contributed by atoms with Gasteiger partial charge in [0, 0.05) is 29.7 Å². The molecule has 1 saturated carbocycles. The van der Waals surface area contributed by atoms with E-state index in [2.05, 4.69) is 49.8 Å². The number of carbonyl (C=O) groups is 3. The van der Waals surface area contributed by atoms with Crippen molar-refractivity contribution in [3.63, 3.8) is 0 Å². The van der Waals surface area contributed by atoms with Crippen molar-refractivity contribution in [2.45, 2.75) is 109 Å². The van der Waals surface area contributed by atoms with Gasteiger partial charge in [-0.2, -0.15) is 0 Å². The molecular weight excluding hydrogens is 758 g/mol. The van der Waals surface area contributed by atoms with Crippen LogP contribution in [0.2, 0.25) is 23.2 Å². The van der Waals surface area contributed by atoms with E-state index in [1.165, 1.54) is 0 Å². The Kier molecular flexibility index (Phi) is 15.2. The molecule has 4 aromatic carbocycles. The second-order valence-corrected chi connectivity index (χ2v) is 21.3. The van der Waals surface area contributed by atoms with Crippen LogP contribution in [-0.4, -0.2) is 45.7 Å². The summed E-state index contributed by atoms with van der Waals surface area (Å²) in [6.45, 7) is 11.6. The van der Waals surface area contributed by atoms with E-state index >= 15 is 0 Å². The Balaban J connectivity index is 1.13. The molecule has 0 saturated heterocycles. The Morgan fingerprint density at radius 2 is 1.47 bits per heavy atom. The predicted octanol–water partition coefficient (Wildman–Crippen LogP) is 11.3. The van der Waals surface area contributed by atoms with Gasteiger partial charge in [0.25, 0.3) is 0 Å². The summed E-state index contributed by atoms with van der Waals surface area (Å²) in [5.41, 5.74) is 5.64. The molecule has 3 amide bonds. The first-order valence-electron chi connectivity index (χ1n) is 19.6. The summed E-state index contributed by atoms with van der Waals surface area (Å²) < 4.78 is 23.3. The first kappa shape index (κ1) is 43.3. The smallest absolute Gasteiger partial charge is 0.411 e. The number of halogens is 1. The largest absolute Gasteiger partial charge is 0.496 e. The molecule has 4 aromatic rings. The zero-order chi connectivity index (χ0) is 41.0. The number of rotatable bonds is 15. The lowest BCUT2D eigenvalue weighted by atomic mass is 9.93. The van der Waals surface area contributed by atoms with Gasteiger partial charge in [-0.1, -0.05) is 105 Å². The normalized spacial score (nSPS) is 15.6. The Labute approximate surface area is 343 Å². The van der Waals surface area contributed by atoms with Crippen LogP contribution in [0.3, 0.4) is 0 Å². The van der Waals surface area contributed by atoms with E-state index in [0.29, 0.717) is 67.3 Å². The molecule has 304 valence electrons. The maximum atomic E-state index is 13.2. The number of aryl methyl sites for hydroxylation is 1. The molecule has 10 nitrogen and oxygen atoms in total. The van der Waals surface area contributed by atoms with Gasteiger partial charge in [0.05, 0.1) is 30.1 Å². The highest BCUT2D eigenvalue weighted by molar-refractivity contribution is 6.74. The van der Waals surface area contributed by atoms with Crippen LogP contribution in [0, 0.1) is 0 Å². The second kappa shape index (κ2) is 20.0. The number of ether oxygens (including phenoxy) is 3. The van der Waals surface area contributed by atoms with Crippen LogP contribution in [0.1, 0.15) is 76.0 Å². The Morgan fingerprint density at radius 3 is 2.14 bits per heavy atom. The van der Waals surface area contributed by atoms with E-state index in [1.54, 1.807) is 19.2 Å². The fourth-order valence-electron chi connectivity index (χ4n) is 6.40. The molecule has 1 aliphatic rings. The summed E-state index contributed by atoms with van der Waals surface area (Å²) in [5, 5.41) is 9.35. The fraction of sp³-hybridized carbons (Fsp3) is 0.400. The van der Waals surface area contributed by atoms with Crippen molar-refractivity contribution in [3.8, 4) is 16.9 Å².